The third-order valence-corrected chi connectivity index (χ3v) is 4.49. The van der Waals surface area contributed by atoms with Crippen molar-refractivity contribution < 1.29 is 13.7 Å². The molecule has 0 aromatic rings. The lowest BCUT2D eigenvalue weighted by atomic mass is 9.81. The first-order valence-corrected chi connectivity index (χ1v) is 6.35. The lowest BCUT2D eigenvalue weighted by Crippen LogP contribution is -2.60. The SMILES string of the molecule is [2H]C1([2H])N([C@](C)(C(N)=O)C(C)CC)C(=O)C(C)(C)C1([2H])C. The third kappa shape index (κ3) is 1.91. The standard InChI is InChI=1S/C14H26N2O2/c1-7-9(2)14(6,11(15)17)16-8-10(3)13(4,5)12(16)18/h9-10H,7-8H2,1-6H3,(H2,15,17)/t9?,10?,14-/m0/s1/i8D2,10D. The van der Waals surface area contributed by atoms with Crippen LogP contribution >= 0.6 is 0 Å². The Balaban J connectivity index is 3.61. The molecule has 0 aromatic heterocycles. The van der Waals surface area contributed by atoms with E-state index in [1.165, 1.54) is 27.7 Å². The molecule has 0 aromatic carbocycles. The summed E-state index contributed by atoms with van der Waals surface area (Å²) in [6.45, 7) is 7.30. The van der Waals surface area contributed by atoms with Crippen LogP contribution in [0, 0.1) is 17.2 Å². The van der Waals surface area contributed by atoms with Crippen LogP contribution in [0.2, 0.25) is 0 Å². The van der Waals surface area contributed by atoms with Crippen molar-refractivity contribution in [3.05, 3.63) is 0 Å². The highest BCUT2D eigenvalue weighted by Gasteiger charge is 2.54. The van der Waals surface area contributed by atoms with Crippen LogP contribution in [-0.2, 0) is 9.59 Å². The highest BCUT2D eigenvalue weighted by Crippen LogP contribution is 2.42. The van der Waals surface area contributed by atoms with Crippen LogP contribution in [0.1, 0.15) is 52.1 Å². The van der Waals surface area contributed by atoms with Gasteiger partial charge < -0.3 is 10.6 Å². The molecule has 0 spiro atoms. The largest absolute Gasteiger partial charge is 0.368 e. The highest BCUT2D eigenvalue weighted by atomic mass is 16.2. The summed E-state index contributed by atoms with van der Waals surface area (Å²) in [7, 11) is 0. The minimum absolute atomic E-state index is 0.321. The van der Waals surface area contributed by atoms with E-state index >= 15 is 0 Å². The Morgan fingerprint density at radius 1 is 1.78 bits per heavy atom. The summed E-state index contributed by atoms with van der Waals surface area (Å²) < 4.78 is 25.0. The van der Waals surface area contributed by atoms with Gasteiger partial charge in [-0.2, -0.15) is 0 Å². The lowest BCUT2D eigenvalue weighted by Gasteiger charge is -2.41. The minimum atomic E-state index is -2.29. The molecule has 0 saturated carbocycles. The van der Waals surface area contributed by atoms with Gasteiger partial charge in [0.05, 0.1) is 0 Å². The van der Waals surface area contributed by atoms with Gasteiger partial charge in [0.25, 0.3) is 0 Å². The molecule has 2 unspecified atom stereocenters. The molecule has 104 valence electrons. The van der Waals surface area contributed by atoms with Gasteiger partial charge in [0.2, 0.25) is 11.8 Å². The van der Waals surface area contributed by atoms with Gasteiger partial charge >= 0.3 is 0 Å². The smallest absolute Gasteiger partial charge is 0.243 e. The van der Waals surface area contributed by atoms with E-state index in [2.05, 4.69) is 0 Å². The summed E-state index contributed by atoms with van der Waals surface area (Å²) in [4.78, 5) is 25.8. The van der Waals surface area contributed by atoms with Gasteiger partial charge in [-0.1, -0.05) is 41.0 Å². The van der Waals surface area contributed by atoms with Crippen LogP contribution in [0.15, 0.2) is 0 Å². The summed E-state index contributed by atoms with van der Waals surface area (Å²) >= 11 is 0. The number of hydrogen-bond acceptors (Lipinski definition) is 2. The molecular formula is C14H26N2O2. The maximum absolute atomic E-state index is 12.8. The Morgan fingerprint density at radius 3 is 2.56 bits per heavy atom. The van der Waals surface area contributed by atoms with Crippen LogP contribution in [0.3, 0.4) is 0 Å². The van der Waals surface area contributed by atoms with Crippen molar-refractivity contribution in [3.8, 4) is 0 Å². The van der Waals surface area contributed by atoms with Crippen LogP contribution in [0.5, 0.6) is 0 Å². The van der Waals surface area contributed by atoms with Crippen LogP contribution < -0.4 is 5.73 Å². The van der Waals surface area contributed by atoms with Crippen molar-refractivity contribution in [2.75, 3.05) is 6.50 Å². The highest BCUT2D eigenvalue weighted by molar-refractivity contribution is 5.93. The molecule has 0 radical (unpaired) electrons. The number of rotatable bonds is 4. The van der Waals surface area contributed by atoms with Gasteiger partial charge in [-0.3, -0.25) is 9.59 Å². The molecular weight excluding hydrogens is 228 g/mol. The zero-order valence-corrected chi connectivity index (χ0v) is 12.1. The molecule has 2 amide bonds. The van der Waals surface area contributed by atoms with E-state index in [1.807, 2.05) is 6.92 Å². The van der Waals surface area contributed by atoms with Gasteiger partial charge in [-0.15, -0.1) is 0 Å². The molecule has 1 rings (SSSR count). The van der Waals surface area contributed by atoms with Crippen LogP contribution in [0.25, 0.3) is 0 Å². The number of carbonyl (C=O) groups is 2. The average Bonchev–Trinajstić information content (AvgIpc) is 2.44. The molecule has 1 aliphatic heterocycles. The molecule has 0 bridgehead atoms. The van der Waals surface area contributed by atoms with Gasteiger partial charge in [-0.25, -0.2) is 0 Å². The predicted octanol–water partition coefficient (Wildman–Crippen LogP) is 1.78. The van der Waals surface area contributed by atoms with Gasteiger partial charge in [0, 0.05) is 16.0 Å². The fraction of sp³-hybridized carbons (Fsp3) is 0.857. The Bertz CT molecular complexity index is 477. The van der Waals surface area contributed by atoms with Gasteiger partial charge in [0.15, 0.2) is 0 Å². The van der Waals surface area contributed by atoms with E-state index in [0.717, 1.165) is 4.90 Å². The second-order valence-electron chi connectivity index (χ2n) is 5.82. The summed E-state index contributed by atoms with van der Waals surface area (Å²) in [6, 6.07) is 0. The Labute approximate surface area is 114 Å². The molecule has 2 N–H and O–H groups in total. The zero-order chi connectivity index (χ0) is 17.0. The molecule has 4 heteroatoms. The van der Waals surface area contributed by atoms with Crippen molar-refractivity contribution >= 4 is 11.8 Å². The molecule has 18 heavy (non-hydrogen) atoms. The van der Waals surface area contributed by atoms with Crippen molar-refractivity contribution in [2.45, 2.75) is 53.5 Å². The summed E-state index contributed by atoms with van der Waals surface area (Å²) in [5.74, 6) is -3.31. The van der Waals surface area contributed by atoms with Crippen LogP contribution in [0.4, 0.5) is 0 Å². The number of hydrogen-bond donors (Lipinski definition) is 1. The predicted molar refractivity (Wildman–Crippen MR) is 71.7 cm³/mol. The Morgan fingerprint density at radius 2 is 2.28 bits per heavy atom. The summed E-state index contributed by atoms with van der Waals surface area (Å²) in [6.07, 6.45) is 0.564. The maximum Gasteiger partial charge on any atom is 0.243 e. The van der Waals surface area contributed by atoms with Crippen molar-refractivity contribution in [3.63, 3.8) is 0 Å². The summed E-state index contributed by atoms with van der Waals surface area (Å²) in [5, 5.41) is 0. The van der Waals surface area contributed by atoms with Gasteiger partial charge in [0.1, 0.15) is 5.54 Å². The number of amides is 2. The van der Waals surface area contributed by atoms with E-state index in [-0.39, 0.29) is 5.92 Å². The molecule has 3 atom stereocenters. The van der Waals surface area contributed by atoms with E-state index < -0.39 is 35.2 Å². The maximum atomic E-state index is 12.8. The number of nitrogens with two attached hydrogens (primary N) is 1. The monoisotopic (exact) mass is 257 g/mol. The minimum Gasteiger partial charge on any atom is -0.368 e. The van der Waals surface area contributed by atoms with E-state index in [1.54, 1.807) is 6.92 Å². The topological polar surface area (TPSA) is 63.4 Å². The first-order valence-electron chi connectivity index (χ1n) is 7.85. The number of carbonyl (C=O) groups excluding carboxylic acids is 2. The first-order chi connectivity index (χ1) is 9.20. The van der Waals surface area contributed by atoms with Crippen molar-refractivity contribution in [1.29, 1.82) is 0 Å². The molecule has 1 saturated heterocycles. The molecule has 1 heterocycles. The first kappa shape index (κ1) is 10.8. The normalized spacial score (nSPS) is 37.3. The number of primary amides is 1. The average molecular weight is 257 g/mol. The van der Waals surface area contributed by atoms with E-state index in [9.17, 15) is 9.59 Å². The van der Waals surface area contributed by atoms with E-state index in [0.29, 0.717) is 6.42 Å². The number of likely N-dealkylation sites (tertiary alicyclic amines) is 1. The Kier molecular flexibility index (Phi) is 2.74. The Hall–Kier alpha value is -1.06. The summed E-state index contributed by atoms with van der Waals surface area (Å²) in [5.41, 5.74) is 2.81. The molecule has 0 aliphatic carbocycles. The van der Waals surface area contributed by atoms with Crippen molar-refractivity contribution in [2.24, 2.45) is 23.0 Å². The molecule has 1 aliphatic rings. The zero-order valence-electron chi connectivity index (χ0n) is 15.1. The quantitative estimate of drug-likeness (QED) is 0.834. The van der Waals surface area contributed by atoms with E-state index in [4.69, 9.17) is 9.85 Å². The van der Waals surface area contributed by atoms with Crippen LogP contribution in [-0.4, -0.2) is 28.8 Å². The second kappa shape index (κ2) is 4.56. The molecule has 4 nitrogen and oxygen atoms in total. The van der Waals surface area contributed by atoms with Gasteiger partial charge in [-0.05, 0) is 18.7 Å². The molecule has 1 fully saturated rings. The fourth-order valence-corrected chi connectivity index (χ4v) is 2.10. The third-order valence-electron chi connectivity index (χ3n) is 4.49. The second-order valence-corrected chi connectivity index (χ2v) is 5.82. The lowest BCUT2D eigenvalue weighted by molar-refractivity contribution is -0.149. The van der Waals surface area contributed by atoms with Crippen molar-refractivity contribution in [1.82, 2.24) is 4.90 Å². The fourth-order valence-electron chi connectivity index (χ4n) is 2.10. The number of nitrogens with zero attached hydrogens (tertiary/aromatic N) is 1.